The highest BCUT2D eigenvalue weighted by molar-refractivity contribution is 5.76. The maximum absolute atomic E-state index is 12.1. The molecule has 0 radical (unpaired) electrons. The van der Waals surface area contributed by atoms with Crippen LogP contribution in [-0.2, 0) is 27.1 Å². The second-order valence-electron chi connectivity index (χ2n) is 6.94. The number of nitrogens with one attached hydrogen (secondary N) is 1. The van der Waals surface area contributed by atoms with Crippen LogP contribution in [0, 0.1) is 5.92 Å². The summed E-state index contributed by atoms with van der Waals surface area (Å²) in [5.74, 6) is 0.804. The van der Waals surface area contributed by atoms with Gasteiger partial charge in [-0.3, -0.25) is 4.79 Å². The van der Waals surface area contributed by atoms with Crippen molar-refractivity contribution in [1.82, 2.24) is 5.32 Å². The summed E-state index contributed by atoms with van der Waals surface area (Å²) in [5.41, 5.74) is 2.37. The van der Waals surface area contributed by atoms with Crippen LogP contribution in [0.25, 0.3) is 0 Å². The summed E-state index contributed by atoms with van der Waals surface area (Å²) in [4.78, 5) is 12.1. The molecule has 0 bridgehead atoms. The van der Waals surface area contributed by atoms with Crippen LogP contribution >= 0.6 is 0 Å². The zero-order valence-electron chi connectivity index (χ0n) is 14.9. The summed E-state index contributed by atoms with van der Waals surface area (Å²) in [6, 6.07) is 6.15. The van der Waals surface area contributed by atoms with Gasteiger partial charge in [-0.15, -0.1) is 0 Å². The number of benzene rings is 1. The number of aliphatic hydroxyl groups is 1. The second-order valence-corrected chi connectivity index (χ2v) is 6.94. The fraction of sp³-hybridized carbons (Fsp3) is 0.632. The van der Waals surface area contributed by atoms with Gasteiger partial charge in [-0.05, 0) is 30.5 Å². The number of aliphatic hydroxyl groups excluding tert-OH is 1. The van der Waals surface area contributed by atoms with E-state index >= 15 is 0 Å². The summed E-state index contributed by atoms with van der Waals surface area (Å²) in [5, 5.41) is 13.1. The van der Waals surface area contributed by atoms with Crippen LogP contribution in [-0.4, -0.2) is 56.2 Å². The molecule has 1 saturated heterocycles. The van der Waals surface area contributed by atoms with Gasteiger partial charge in [0.1, 0.15) is 18.0 Å². The van der Waals surface area contributed by atoms with Crippen molar-refractivity contribution >= 4 is 5.91 Å². The summed E-state index contributed by atoms with van der Waals surface area (Å²) in [7, 11) is 1.56. The molecule has 0 aliphatic carbocycles. The lowest BCUT2D eigenvalue weighted by Gasteiger charge is -2.33. The average molecular weight is 349 g/mol. The molecule has 138 valence electrons. The fourth-order valence-corrected chi connectivity index (χ4v) is 3.45. The first-order valence-corrected chi connectivity index (χ1v) is 8.90. The van der Waals surface area contributed by atoms with E-state index in [1.165, 1.54) is 5.56 Å². The van der Waals surface area contributed by atoms with Crippen molar-refractivity contribution in [2.24, 2.45) is 5.92 Å². The Morgan fingerprint density at radius 2 is 2.24 bits per heavy atom. The van der Waals surface area contributed by atoms with Crippen molar-refractivity contribution in [1.29, 1.82) is 0 Å². The van der Waals surface area contributed by atoms with Crippen LogP contribution in [0.1, 0.15) is 24.5 Å². The SMILES string of the molecule is CO[C@@H]1COC[C@@H](CNC(=O)CCc2ccc3c(c2)C[C@@H](C)O3)[C@@H]1O. The molecular formula is C19H27NO5. The topological polar surface area (TPSA) is 77.0 Å². The van der Waals surface area contributed by atoms with Crippen LogP contribution in [0.5, 0.6) is 5.75 Å². The number of fused-ring (bicyclic) bond motifs is 1. The molecule has 25 heavy (non-hydrogen) atoms. The third kappa shape index (κ3) is 4.51. The normalized spacial score (nSPS) is 28.3. The monoisotopic (exact) mass is 349 g/mol. The molecule has 1 fully saturated rings. The Labute approximate surface area is 148 Å². The lowest BCUT2D eigenvalue weighted by Crippen LogP contribution is -2.49. The number of hydrogen-bond acceptors (Lipinski definition) is 5. The number of amides is 1. The third-order valence-corrected chi connectivity index (χ3v) is 4.94. The van der Waals surface area contributed by atoms with E-state index in [-0.39, 0.29) is 24.0 Å². The second kappa shape index (κ2) is 8.17. The minimum Gasteiger partial charge on any atom is -0.490 e. The maximum atomic E-state index is 12.1. The molecule has 2 aliphatic rings. The molecule has 2 aliphatic heterocycles. The molecule has 2 N–H and O–H groups in total. The minimum atomic E-state index is -0.613. The Morgan fingerprint density at radius 3 is 3.04 bits per heavy atom. The Kier molecular flexibility index (Phi) is 5.93. The molecule has 6 nitrogen and oxygen atoms in total. The average Bonchev–Trinajstić information content (AvgIpc) is 2.98. The van der Waals surface area contributed by atoms with Crippen molar-refractivity contribution in [3.8, 4) is 5.75 Å². The lowest BCUT2D eigenvalue weighted by atomic mass is 9.96. The summed E-state index contributed by atoms with van der Waals surface area (Å²) in [6.45, 7) is 3.28. The zero-order valence-corrected chi connectivity index (χ0v) is 14.9. The molecule has 1 amide bonds. The van der Waals surface area contributed by atoms with Crippen molar-refractivity contribution in [3.05, 3.63) is 29.3 Å². The summed E-state index contributed by atoms with van der Waals surface area (Å²) < 4.78 is 16.3. The van der Waals surface area contributed by atoms with E-state index in [9.17, 15) is 9.90 Å². The lowest BCUT2D eigenvalue weighted by molar-refractivity contribution is -0.136. The van der Waals surface area contributed by atoms with Crippen LogP contribution in [0.3, 0.4) is 0 Å². The number of carbonyl (C=O) groups excluding carboxylic acids is 1. The molecule has 0 unspecified atom stereocenters. The summed E-state index contributed by atoms with van der Waals surface area (Å²) >= 11 is 0. The number of carbonyl (C=O) groups is 1. The van der Waals surface area contributed by atoms with E-state index in [1.54, 1.807) is 7.11 Å². The van der Waals surface area contributed by atoms with E-state index in [2.05, 4.69) is 18.3 Å². The van der Waals surface area contributed by atoms with E-state index in [0.717, 1.165) is 17.7 Å². The van der Waals surface area contributed by atoms with Crippen LogP contribution in [0.15, 0.2) is 18.2 Å². The van der Waals surface area contributed by atoms with Crippen LogP contribution in [0.4, 0.5) is 0 Å². The van der Waals surface area contributed by atoms with Gasteiger partial charge in [0.2, 0.25) is 5.91 Å². The van der Waals surface area contributed by atoms with Gasteiger partial charge in [0, 0.05) is 32.4 Å². The Morgan fingerprint density at radius 1 is 1.40 bits per heavy atom. The van der Waals surface area contributed by atoms with Gasteiger partial charge in [0.25, 0.3) is 0 Å². The van der Waals surface area contributed by atoms with Gasteiger partial charge in [0.15, 0.2) is 0 Å². The molecular weight excluding hydrogens is 322 g/mol. The van der Waals surface area contributed by atoms with E-state index in [4.69, 9.17) is 14.2 Å². The highest BCUT2D eigenvalue weighted by atomic mass is 16.5. The van der Waals surface area contributed by atoms with Crippen LogP contribution < -0.4 is 10.1 Å². The number of aryl methyl sites for hydroxylation is 1. The number of ether oxygens (including phenoxy) is 3. The van der Waals surface area contributed by atoms with Crippen molar-refractivity contribution in [2.45, 2.75) is 44.5 Å². The van der Waals surface area contributed by atoms with Crippen molar-refractivity contribution < 1.29 is 24.1 Å². The first-order valence-electron chi connectivity index (χ1n) is 8.90. The van der Waals surface area contributed by atoms with Gasteiger partial charge in [-0.25, -0.2) is 0 Å². The van der Waals surface area contributed by atoms with E-state index in [0.29, 0.717) is 32.6 Å². The largest absolute Gasteiger partial charge is 0.490 e. The number of rotatable bonds is 6. The quantitative estimate of drug-likeness (QED) is 0.804. The molecule has 3 rings (SSSR count). The number of hydrogen-bond donors (Lipinski definition) is 2. The first-order chi connectivity index (χ1) is 12.1. The predicted octanol–water partition coefficient (Wildman–Crippen LogP) is 1.08. The number of methoxy groups -OCH3 is 1. The first kappa shape index (κ1) is 18.2. The Bertz CT molecular complexity index is 605. The van der Waals surface area contributed by atoms with Crippen molar-refractivity contribution in [3.63, 3.8) is 0 Å². The van der Waals surface area contributed by atoms with Gasteiger partial charge < -0.3 is 24.6 Å². The van der Waals surface area contributed by atoms with Gasteiger partial charge in [0.05, 0.1) is 19.3 Å². The fourth-order valence-electron chi connectivity index (χ4n) is 3.45. The van der Waals surface area contributed by atoms with Crippen LogP contribution in [0.2, 0.25) is 0 Å². The van der Waals surface area contributed by atoms with Crippen molar-refractivity contribution in [2.75, 3.05) is 26.9 Å². The van der Waals surface area contributed by atoms with E-state index in [1.807, 2.05) is 12.1 Å². The highest BCUT2D eigenvalue weighted by Gasteiger charge is 2.32. The third-order valence-electron chi connectivity index (χ3n) is 4.94. The van der Waals surface area contributed by atoms with Gasteiger partial charge >= 0.3 is 0 Å². The van der Waals surface area contributed by atoms with Gasteiger partial charge in [-0.2, -0.15) is 0 Å². The molecule has 0 aromatic heterocycles. The predicted molar refractivity (Wildman–Crippen MR) is 92.7 cm³/mol. The smallest absolute Gasteiger partial charge is 0.220 e. The molecule has 1 aromatic rings. The Balaban J connectivity index is 1.43. The molecule has 0 saturated carbocycles. The minimum absolute atomic E-state index is 0.0168. The molecule has 0 spiro atoms. The Hall–Kier alpha value is -1.63. The molecule has 1 aromatic carbocycles. The van der Waals surface area contributed by atoms with Gasteiger partial charge in [-0.1, -0.05) is 12.1 Å². The van der Waals surface area contributed by atoms with E-state index < -0.39 is 6.10 Å². The molecule has 4 atom stereocenters. The molecule has 6 heteroatoms. The summed E-state index contributed by atoms with van der Waals surface area (Å²) in [6.07, 6.45) is 1.33. The molecule has 2 heterocycles. The maximum Gasteiger partial charge on any atom is 0.220 e. The zero-order chi connectivity index (χ0) is 17.8. The highest BCUT2D eigenvalue weighted by Crippen LogP contribution is 2.29. The standard InChI is InChI=1S/C19H27NO5/c1-12-7-14-8-13(3-5-16(14)25-12)4-6-18(21)20-9-15-10-24-11-17(23-2)19(15)22/h3,5,8,12,15,17,19,22H,4,6-7,9-11H2,1-2H3,(H,20,21)/t12-,15-,17-,19+/m1/s1.